The Morgan fingerprint density at radius 1 is 1.09 bits per heavy atom. The van der Waals surface area contributed by atoms with Gasteiger partial charge in [-0.05, 0) is 30.3 Å². The summed E-state index contributed by atoms with van der Waals surface area (Å²) in [5, 5.41) is 7.52. The summed E-state index contributed by atoms with van der Waals surface area (Å²) in [5.74, 6) is 0.746. The van der Waals surface area contributed by atoms with Crippen molar-refractivity contribution >= 4 is 22.5 Å². The molecule has 168 valence electrons. The van der Waals surface area contributed by atoms with E-state index in [1.54, 1.807) is 48.8 Å². The van der Waals surface area contributed by atoms with E-state index < -0.39 is 0 Å². The summed E-state index contributed by atoms with van der Waals surface area (Å²) in [4.78, 5) is 34.4. The van der Waals surface area contributed by atoms with Gasteiger partial charge in [-0.15, -0.1) is 0 Å². The van der Waals surface area contributed by atoms with Gasteiger partial charge in [0.1, 0.15) is 12.3 Å². The number of ether oxygens (including phenoxy) is 1. The van der Waals surface area contributed by atoms with Crippen molar-refractivity contribution in [3.63, 3.8) is 0 Å². The molecule has 0 spiro atoms. The first kappa shape index (κ1) is 21.1. The Morgan fingerprint density at radius 2 is 1.91 bits per heavy atom. The molecule has 1 amide bonds. The van der Waals surface area contributed by atoms with Crippen molar-refractivity contribution in [1.82, 2.24) is 19.7 Å². The molecule has 0 aliphatic heterocycles. The predicted molar refractivity (Wildman–Crippen MR) is 126 cm³/mol. The highest BCUT2D eigenvalue weighted by Gasteiger charge is 2.18. The van der Waals surface area contributed by atoms with Gasteiger partial charge < -0.3 is 14.6 Å². The van der Waals surface area contributed by atoms with Gasteiger partial charge in [-0.2, -0.15) is 4.98 Å². The SMILES string of the molecule is COc1ccccc1NC(=O)Cn1c(=O)cc(-c2nc(-c3cccnc3)no2)c2ccccc21. The first-order valence-electron chi connectivity index (χ1n) is 10.4. The number of para-hydroxylation sites is 3. The maximum atomic E-state index is 13.1. The Labute approximate surface area is 193 Å². The lowest BCUT2D eigenvalue weighted by Gasteiger charge is -2.13. The van der Waals surface area contributed by atoms with Crippen molar-refractivity contribution in [1.29, 1.82) is 0 Å². The molecule has 34 heavy (non-hydrogen) atoms. The molecule has 1 N–H and O–H groups in total. The van der Waals surface area contributed by atoms with E-state index in [1.807, 2.05) is 24.3 Å². The van der Waals surface area contributed by atoms with E-state index in [4.69, 9.17) is 9.26 Å². The molecule has 3 heterocycles. The Bertz CT molecular complexity index is 1540. The minimum Gasteiger partial charge on any atom is -0.495 e. The molecule has 0 unspecified atom stereocenters. The monoisotopic (exact) mass is 453 g/mol. The van der Waals surface area contributed by atoms with Crippen LogP contribution in [0.2, 0.25) is 0 Å². The average Bonchev–Trinajstić information content (AvgIpc) is 3.37. The molecule has 5 rings (SSSR count). The first-order valence-corrected chi connectivity index (χ1v) is 10.4. The summed E-state index contributed by atoms with van der Waals surface area (Å²) < 4.78 is 12.1. The fraction of sp³-hybridized carbons (Fsp3) is 0.0800. The number of hydrogen-bond donors (Lipinski definition) is 1. The van der Waals surface area contributed by atoms with Crippen LogP contribution in [-0.4, -0.2) is 32.7 Å². The highest BCUT2D eigenvalue weighted by Crippen LogP contribution is 2.28. The van der Waals surface area contributed by atoms with Gasteiger partial charge in [-0.25, -0.2) is 0 Å². The van der Waals surface area contributed by atoms with E-state index in [0.29, 0.717) is 39.3 Å². The van der Waals surface area contributed by atoms with Crippen LogP contribution in [0, 0.1) is 0 Å². The molecule has 9 heteroatoms. The second-order valence-corrected chi connectivity index (χ2v) is 7.41. The van der Waals surface area contributed by atoms with Gasteiger partial charge in [0.2, 0.25) is 11.7 Å². The number of nitrogens with one attached hydrogen (secondary N) is 1. The van der Waals surface area contributed by atoms with Crippen LogP contribution in [-0.2, 0) is 11.3 Å². The largest absolute Gasteiger partial charge is 0.495 e. The second-order valence-electron chi connectivity index (χ2n) is 7.41. The minimum absolute atomic E-state index is 0.178. The number of methoxy groups -OCH3 is 1. The summed E-state index contributed by atoms with van der Waals surface area (Å²) >= 11 is 0. The van der Waals surface area contributed by atoms with Gasteiger partial charge in [-0.1, -0.05) is 35.5 Å². The number of fused-ring (bicyclic) bond motifs is 1. The van der Waals surface area contributed by atoms with Crippen LogP contribution in [0.5, 0.6) is 5.75 Å². The number of carbonyl (C=O) groups excluding carboxylic acids is 1. The molecule has 0 bridgehead atoms. The van der Waals surface area contributed by atoms with Gasteiger partial charge in [0.15, 0.2) is 0 Å². The topological polar surface area (TPSA) is 112 Å². The van der Waals surface area contributed by atoms with Crippen LogP contribution in [0.25, 0.3) is 33.7 Å². The van der Waals surface area contributed by atoms with Crippen LogP contribution in [0.15, 0.2) is 88.4 Å². The zero-order valence-corrected chi connectivity index (χ0v) is 18.1. The molecule has 0 fully saturated rings. The molecule has 0 aliphatic rings. The van der Waals surface area contributed by atoms with Crippen LogP contribution in [0.1, 0.15) is 0 Å². The number of aromatic nitrogens is 4. The lowest BCUT2D eigenvalue weighted by molar-refractivity contribution is -0.116. The fourth-order valence-electron chi connectivity index (χ4n) is 3.70. The molecule has 0 saturated carbocycles. The molecule has 0 aliphatic carbocycles. The quantitative estimate of drug-likeness (QED) is 0.417. The summed E-state index contributed by atoms with van der Waals surface area (Å²) in [6.07, 6.45) is 3.28. The Hall–Kier alpha value is -4.79. The average molecular weight is 453 g/mol. The Kier molecular flexibility index (Phi) is 5.57. The zero-order chi connectivity index (χ0) is 23.5. The van der Waals surface area contributed by atoms with Crippen LogP contribution in [0.3, 0.4) is 0 Å². The normalized spacial score (nSPS) is 10.9. The number of hydrogen-bond acceptors (Lipinski definition) is 7. The van der Waals surface area contributed by atoms with E-state index >= 15 is 0 Å². The van der Waals surface area contributed by atoms with Gasteiger partial charge in [-0.3, -0.25) is 19.1 Å². The van der Waals surface area contributed by atoms with Crippen LogP contribution in [0.4, 0.5) is 5.69 Å². The lowest BCUT2D eigenvalue weighted by Crippen LogP contribution is -2.28. The van der Waals surface area contributed by atoms with E-state index in [-0.39, 0.29) is 23.9 Å². The maximum absolute atomic E-state index is 13.1. The first-order chi connectivity index (χ1) is 16.6. The molecule has 2 aromatic carbocycles. The summed E-state index contributed by atoms with van der Waals surface area (Å²) in [7, 11) is 1.53. The van der Waals surface area contributed by atoms with Crippen LogP contribution >= 0.6 is 0 Å². The maximum Gasteiger partial charge on any atom is 0.259 e. The number of nitrogens with zero attached hydrogens (tertiary/aromatic N) is 4. The molecule has 0 atom stereocenters. The minimum atomic E-state index is -0.370. The van der Waals surface area contributed by atoms with Gasteiger partial charge in [0.05, 0.1) is 23.9 Å². The molecule has 9 nitrogen and oxygen atoms in total. The molecule has 0 radical (unpaired) electrons. The Balaban J connectivity index is 1.51. The third kappa shape index (κ3) is 4.02. The number of amides is 1. The van der Waals surface area contributed by atoms with Crippen molar-refractivity contribution in [2.45, 2.75) is 6.54 Å². The van der Waals surface area contributed by atoms with Gasteiger partial charge in [0.25, 0.3) is 11.4 Å². The third-order valence-corrected chi connectivity index (χ3v) is 5.28. The van der Waals surface area contributed by atoms with Crippen molar-refractivity contribution < 1.29 is 14.1 Å². The number of anilines is 1. The highest BCUT2D eigenvalue weighted by molar-refractivity contribution is 5.96. The third-order valence-electron chi connectivity index (χ3n) is 5.28. The summed E-state index contributed by atoms with van der Waals surface area (Å²) in [5.41, 5.74) is 1.91. The molecular weight excluding hydrogens is 434 g/mol. The van der Waals surface area contributed by atoms with Crippen molar-refractivity contribution in [2.24, 2.45) is 0 Å². The number of carbonyl (C=O) groups is 1. The molecule has 0 saturated heterocycles. The second kappa shape index (κ2) is 8.99. The van der Waals surface area contributed by atoms with Gasteiger partial charge in [0, 0.05) is 29.4 Å². The zero-order valence-electron chi connectivity index (χ0n) is 18.1. The standard InChI is InChI=1S/C25H19N5O4/c1-33-21-11-5-3-9-19(21)27-22(31)15-30-20-10-4-2-8-17(20)18(13-23(30)32)25-28-24(29-34-25)16-7-6-12-26-14-16/h2-14H,15H2,1H3,(H,27,31). The number of rotatable bonds is 6. The molecule has 5 aromatic rings. The van der Waals surface area contributed by atoms with Crippen molar-refractivity contribution in [3.8, 4) is 28.6 Å². The van der Waals surface area contributed by atoms with Crippen molar-refractivity contribution in [3.05, 3.63) is 89.5 Å². The van der Waals surface area contributed by atoms with E-state index in [9.17, 15) is 9.59 Å². The van der Waals surface area contributed by atoms with E-state index in [1.165, 1.54) is 17.7 Å². The van der Waals surface area contributed by atoms with E-state index in [0.717, 1.165) is 0 Å². The molecule has 3 aromatic heterocycles. The van der Waals surface area contributed by atoms with Crippen molar-refractivity contribution in [2.75, 3.05) is 12.4 Å². The summed E-state index contributed by atoms with van der Waals surface area (Å²) in [6.45, 7) is -0.178. The Morgan fingerprint density at radius 3 is 2.74 bits per heavy atom. The number of benzene rings is 2. The fourth-order valence-corrected chi connectivity index (χ4v) is 3.70. The summed E-state index contributed by atoms with van der Waals surface area (Å²) in [6, 6.07) is 19.3. The van der Waals surface area contributed by atoms with Crippen LogP contribution < -0.4 is 15.6 Å². The van der Waals surface area contributed by atoms with E-state index in [2.05, 4.69) is 20.4 Å². The smallest absolute Gasteiger partial charge is 0.259 e. The predicted octanol–water partition coefficient (Wildman–Crippen LogP) is 3.76. The highest BCUT2D eigenvalue weighted by atomic mass is 16.5. The lowest BCUT2D eigenvalue weighted by atomic mass is 10.1. The van der Waals surface area contributed by atoms with Gasteiger partial charge >= 0.3 is 0 Å². The molecular formula is C25H19N5O4. The number of pyridine rings is 2.